The quantitative estimate of drug-likeness (QED) is 0.443. The lowest BCUT2D eigenvalue weighted by Crippen LogP contribution is -2.28. The average Bonchev–Trinajstić information content (AvgIpc) is 3.39. The molecule has 0 aliphatic rings. The lowest BCUT2D eigenvalue weighted by molar-refractivity contribution is -0.142. The minimum absolute atomic E-state index is 0.0478. The molecule has 7 nitrogen and oxygen atoms in total. The van der Waals surface area contributed by atoms with E-state index in [1.54, 1.807) is 36.1 Å². The average molecular weight is 456 g/mol. The van der Waals surface area contributed by atoms with Gasteiger partial charge in [-0.25, -0.2) is 9.50 Å². The number of fused-ring (bicyclic) bond motifs is 1. The number of benzene rings is 1. The molecule has 1 amide bonds. The summed E-state index contributed by atoms with van der Waals surface area (Å²) in [5, 5.41) is 8.13. The second-order valence-electron chi connectivity index (χ2n) is 7.92. The van der Waals surface area contributed by atoms with Gasteiger partial charge in [-0.3, -0.25) is 9.48 Å². The van der Waals surface area contributed by atoms with Gasteiger partial charge in [0.15, 0.2) is 17.0 Å². The van der Waals surface area contributed by atoms with Gasteiger partial charge < -0.3 is 4.90 Å². The highest BCUT2D eigenvalue weighted by atomic mass is 19.4. The number of hydrogen-bond donors (Lipinski definition) is 0. The Bertz CT molecular complexity index is 1340. The Morgan fingerprint density at radius 1 is 1.09 bits per heavy atom. The second-order valence-corrected chi connectivity index (χ2v) is 7.92. The molecule has 10 heteroatoms. The van der Waals surface area contributed by atoms with E-state index in [1.807, 2.05) is 26.8 Å². The maximum atomic E-state index is 13.9. The van der Waals surface area contributed by atoms with Crippen molar-refractivity contribution >= 4 is 11.6 Å². The molecule has 0 saturated carbocycles. The Morgan fingerprint density at radius 3 is 2.52 bits per heavy atom. The van der Waals surface area contributed by atoms with E-state index in [4.69, 9.17) is 0 Å². The molecule has 172 valence electrons. The summed E-state index contributed by atoms with van der Waals surface area (Å²) in [5.41, 5.74) is 2.35. The van der Waals surface area contributed by atoms with Crippen LogP contribution in [0.5, 0.6) is 0 Å². The van der Waals surface area contributed by atoms with Crippen molar-refractivity contribution in [3.05, 3.63) is 70.8 Å². The molecule has 1 aromatic carbocycles. The van der Waals surface area contributed by atoms with E-state index in [1.165, 1.54) is 11.0 Å². The number of hydrogen-bond acceptors (Lipinski definition) is 4. The molecular weight excluding hydrogens is 433 g/mol. The second kappa shape index (κ2) is 8.34. The molecule has 0 bridgehead atoms. The molecule has 0 atom stereocenters. The standard InChI is InChI=1S/C23H23F3N6O/c1-5-31-17(8-9-27-31)13-30(4)22(33)19-12-21-28-18(16-7-6-14(2)15(3)10-16)11-20(23(24,25)26)32(21)29-19/h6-12H,5,13H2,1-4H3. The SMILES string of the molecule is CCn1nccc1CN(C)C(=O)c1cc2nc(-c3ccc(C)c(C)c3)cc(C(F)(F)F)n2n1. The summed E-state index contributed by atoms with van der Waals surface area (Å²) in [7, 11) is 1.57. The van der Waals surface area contributed by atoms with Crippen LogP contribution in [-0.2, 0) is 19.3 Å². The molecule has 0 saturated heterocycles. The largest absolute Gasteiger partial charge is 0.433 e. The van der Waals surface area contributed by atoms with Gasteiger partial charge in [0.25, 0.3) is 5.91 Å². The van der Waals surface area contributed by atoms with Crippen LogP contribution >= 0.6 is 0 Å². The number of nitrogens with zero attached hydrogens (tertiary/aromatic N) is 6. The fourth-order valence-corrected chi connectivity index (χ4v) is 3.62. The summed E-state index contributed by atoms with van der Waals surface area (Å²) >= 11 is 0. The summed E-state index contributed by atoms with van der Waals surface area (Å²) in [6.07, 6.45) is -3.04. The molecule has 0 fully saturated rings. The van der Waals surface area contributed by atoms with Crippen molar-refractivity contribution in [2.24, 2.45) is 0 Å². The summed E-state index contributed by atoms with van der Waals surface area (Å²) < 4.78 is 44.0. The van der Waals surface area contributed by atoms with Gasteiger partial charge in [0.2, 0.25) is 0 Å². The molecule has 0 spiro atoms. The Kier molecular flexibility index (Phi) is 5.69. The summed E-state index contributed by atoms with van der Waals surface area (Å²) in [5.74, 6) is -0.509. The Labute approximate surface area is 188 Å². The first-order chi connectivity index (χ1) is 15.6. The third kappa shape index (κ3) is 4.33. The van der Waals surface area contributed by atoms with Crippen LogP contribution < -0.4 is 0 Å². The van der Waals surface area contributed by atoms with E-state index in [9.17, 15) is 18.0 Å². The van der Waals surface area contributed by atoms with Crippen molar-refractivity contribution in [2.75, 3.05) is 7.05 Å². The fraction of sp³-hybridized carbons (Fsp3) is 0.304. The molecule has 0 aliphatic carbocycles. The van der Waals surface area contributed by atoms with Crippen molar-refractivity contribution in [3.63, 3.8) is 0 Å². The Hall–Kier alpha value is -3.69. The van der Waals surface area contributed by atoms with Crippen LogP contribution in [0, 0.1) is 13.8 Å². The third-order valence-corrected chi connectivity index (χ3v) is 5.59. The molecule has 33 heavy (non-hydrogen) atoms. The first kappa shape index (κ1) is 22.5. The zero-order valence-electron chi connectivity index (χ0n) is 18.7. The highest BCUT2D eigenvalue weighted by Gasteiger charge is 2.36. The normalized spacial score (nSPS) is 11.8. The number of carbonyl (C=O) groups is 1. The molecule has 4 rings (SSSR count). The maximum Gasteiger partial charge on any atom is 0.433 e. The van der Waals surface area contributed by atoms with Gasteiger partial charge in [0.05, 0.1) is 17.9 Å². The number of aromatic nitrogens is 5. The number of alkyl halides is 3. The molecule has 0 N–H and O–H groups in total. The van der Waals surface area contributed by atoms with Gasteiger partial charge in [-0.05, 0) is 50.1 Å². The van der Waals surface area contributed by atoms with E-state index in [0.717, 1.165) is 22.9 Å². The summed E-state index contributed by atoms with van der Waals surface area (Å²) in [6.45, 7) is 6.62. The zero-order valence-corrected chi connectivity index (χ0v) is 18.7. The van der Waals surface area contributed by atoms with E-state index in [0.29, 0.717) is 16.6 Å². The van der Waals surface area contributed by atoms with Crippen LogP contribution in [0.2, 0.25) is 0 Å². The number of carbonyl (C=O) groups excluding carboxylic acids is 1. The van der Waals surface area contributed by atoms with Gasteiger partial charge in [-0.1, -0.05) is 12.1 Å². The maximum absolute atomic E-state index is 13.9. The highest BCUT2D eigenvalue weighted by molar-refractivity contribution is 5.93. The lowest BCUT2D eigenvalue weighted by Gasteiger charge is -2.16. The molecule has 3 heterocycles. The number of amides is 1. The van der Waals surface area contributed by atoms with Crippen molar-refractivity contribution in [1.82, 2.24) is 29.3 Å². The van der Waals surface area contributed by atoms with Crippen molar-refractivity contribution in [1.29, 1.82) is 0 Å². The van der Waals surface area contributed by atoms with Crippen LogP contribution in [0.4, 0.5) is 13.2 Å². The molecular formula is C23H23F3N6O. The number of aryl methyl sites for hydroxylation is 3. The first-order valence-electron chi connectivity index (χ1n) is 10.4. The van der Waals surface area contributed by atoms with E-state index in [2.05, 4.69) is 15.2 Å². The van der Waals surface area contributed by atoms with E-state index >= 15 is 0 Å². The van der Waals surface area contributed by atoms with Crippen LogP contribution in [0.25, 0.3) is 16.9 Å². The minimum atomic E-state index is -4.68. The zero-order chi connectivity index (χ0) is 23.9. The molecule has 4 aromatic rings. The first-order valence-corrected chi connectivity index (χ1v) is 10.4. The van der Waals surface area contributed by atoms with Crippen LogP contribution in [0.15, 0.2) is 42.6 Å². The molecule has 3 aromatic heterocycles. The van der Waals surface area contributed by atoms with Crippen LogP contribution in [0.3, 0.4) is 0 Å². The smallest absolute Gasteiger partial charge is 0.334 e. The Morgan fingerprint density at radius 2 is 1.85 bits per heavy atom. The fourth-order valence-electron chi connectivity index (χ4n) is 3.62. The van der Waals surface area contributed by atoms with Gasteiger partial charge in [-0.15, -0.1) is 0 Å². The third-order valence-electron chi connectivity index (χ3n) is 5.59. The summed E-state index contributed by atoms with van der Waals surface area (Å²) in [6, 6.07) is 9.40. The van der Waals surface area contributed by atoms with Gasteiger partial charge in [0.1, 0.15) is 0 Å². The summed E-state index contributed by atoms with van der Waals surface area (Å²) in [4.78, 5) is 18.7. The van der Waals surface area contributed by atoms with E-state index < -0.39 is 17.8 Å². The number of rotatable bonds is 5. The van der Waals surface area contributed by atoms with Gasteiger partial charge >= 0.3 is 6.18 Å². The van der Waals surface area contributed by atoms with Gasteiger partial charge in [0, 0.05) is 31.4 Å². The predicted molar refractivity (Wildman–Crippen MR) is 117 cm³/mol. The van der Waals surface area contributed by atoms with E-state index in [-0.39, 0.29) is 23.6 Å². The minimum Gasteiger partial charge on any atom is -0.334 e. The van der Waals surface area contributed by atoms with Crippen molar-refractivity contribution in [2.45, 2.75) is 40.0 Å². The van der Waals surface area contributed by atoms with Crippen LogP contribution in [-0.4, -0.2) is 42.2 Å². The predicted octanol–water partition coefficient (Wildman–Crippen LogP) is 4.52. The number of halogens is 3. The lowest BCUT2D eigenvalue weighted by atomic mass is 10.0. The topological polar surface area (TPSA) is 68.3 Å². The van der Waals surface area contributed by atoms with Gasteiger partial charge in [-0.2, -0.15) is 23.4 Å². The van der Waals surface area contributed by atoms with Crippen LogP contribution in [0.1, 0.15) is 39.9 Å². The molecule has 0 radical (unpaired) electrons. The highest BCUT2D eigenvalue weighted by Crippen LogP contribution is 2.33. The monoisotopic (exact) mass is 456 g/mol. The van der Waals surface area contributed by atoms with Crippen molar-refractivity contribution < 1.29 is 18.0 Å². The van der Waals surface area contributed by atoms with Crippen molar-refractivity contribution in [3.8, 4) is 11.3 Å². The molecule has 0 unspecified atom stereocenters. The Balaban J connectivity index is 1.75. The molecule has 0 aliphatic heterocycles.